The molecule has 0 aromatic rings. The molecule has 0 saturated heterocycles. The molecule has 0 bridgehead atoms. The van der Waals surface area contributed by atoms with Crippen LogP contribution >= 0.6 is 0 Å². The fourth-order valence-corrected chi connectivity index (χ4v) is 2.11. The van der Waals surface area contributed by atoms with Gasteiger partial charge in [-0.05, 0) is 18.8 Å². The summed E-state index contributed by atoms with van der Waals surface area (Å²) in [6.07, 6.45) is 3.13. The zero-order valence-corrected chi connectivity index (χ0v) is 9.98. The Morgan fingerprint density at radius 1 is 1.41 bits per heavy atom. The zero-order valence-electron chi connectivity index (χ0n) is 9.98. The molecule has 17 heavy (non-hydrogen) atoms. The van der Waals surface area contributed by atoms with Crippen LogP contribution in [-0.4, -0.2) is 40.9 Å². The molecule has 1 aliphatic carbocycles. The Hall–Kier alpha value is -1.30. The number of urea groups is 1. The van der Waals surface area contributed by atoms with Crippen molar-refractivity contribution in [2.75, 3.05) is 6.61 Å². The van der Waals surface area contributed by atoms with Crippen molar-refractivity contribution in [1.82, 2.24) is 10.6 Å². The second kappa shape index (κ2) is 6.44. The average molecular weight is 244 g/mol. The van der Waals surface area contributed by atoms with Gasteiger partial charge in [-0.3, -0.25) is 0 Å². The van der Waals surface area contributed by atoms with E-state index in [1.165, 1.54) is 0 Å². The minimum Gasteiger partial charge on any atom is -0.480 e. The van der Waals surface area contributed by atoms with Crippen molar-refractivity contribution in [3.05, 3.63) is 0 Å². The van der Waals surface area contributed by atoms with Crippen LogP contribution in [-0.2, 0) is 4.79 Å². The van der Waals surface area contributed by atoms with Crippen molar-refractivity contribution >= 4 is 12.0 Å². The van der Waals surface area contributed by atoms with Crippen LogP contribution in [0.4, 0.5) is 4.79 Å². The second-order valence-corrected chi connectivity index (χ2v) is 4.54. The van der Waals surface area contributed by atoms with Crippen LogP contribution in [0.25, 0.3) is 0 Å². The van der Waals surface area contributed by atoms with Gasteiger partial charge < -0.3 is 20.8 Å². The third-order valence-corrected chi connectivity index (χ3v) is 3.20. The summed E-state index contributed by atoms with van der Waals surface area (Å²) >= 11 is 0. The number of hydrogen-bond acceptors (Lipinski definition) is 3. The molecule has 0 spiro atoms. The quantitative estimate of drug-likeness (QED) is 0.559. The Morgan fingerprint density at radius 3 is 2.59 bits per heavy atom. The number of carboxylic acid groups (broad SMARTS) is 1. The van der Waals surface area contributed by atoms with E-state index in [-0.39, 0.29) is 19.1 Å². The van der Waals surface area contributed by atoms with Gasteiger partial charge in [0.2, 0.25) is 0 Å². The number of amides is 2. The smallest absolute Gasteiger partial charge is 0.326 e. The first kappa shape index (κ1) is 13.8. The average Bonchev–Trinajstić information content (AvgIpc) is 2.63. The number of carboxylic acids is 1. The summed E-state index contributed by atoms with van der Waals surface area (Å²) < 4.78 is 0. The van der Waals surface area contributed by atoms with Crippen molar-refractivity contribution < 1.29 is 19.8 Å². The van der Waals surface area contributed by atoms with Gasteiger partial charge >= 0.3 is 12.0 Å². The molecule has 0 radical (unpaired) electrons. The maximum Gasteiger partial charge on any atom is 0.326 e. The molecule has 0 heterocycles. The first-order valence-corrected chi connectivity index (χ1v) is 5.95. The molecule has 2 amide bonds. The maximum atomic E-state index is 11.6. The van der Waals surface area contributed by atoms with Crippen LogP contribution in [0.15, 0.2) is 0 Å². The zero-order chi connectivity index (χ0) is 12.8. The largest absolute Gasteiger partial charge is 0.480 e. The Labute approximate surface area is 100 Å². The van der Waals surface area contributed by atoms with E-state index in [1.54, 1.807) is 0 Å². The van der Waals surface area contributed by atoms with E-state index in [4.69, 9.17) is 10.2 Å². The molecule has 3 unspecified atom stereocenters. The Morgan fingerprint density at radius 2 is 2.12 bits per heavy atom. The maximum absolute atomic E-state index is 11.6. The van der Waals surface area contributed by atoms with Gasteiger partial charge in [0.15, 0.2) is 0 Å². The third kappa shape index (κ3) is 4.22. The lowest BCUT2D eigenvalue weighted by atomic mass is 10.1. The fourth-order valence-electron chi connectivity index (χ4n) is 2.11. The lowest BCUT2D eigenvalue weighted by Gasteiger charge is -2.20. The molecule has 98 valence electrons. The molecule has 0 aromatic carbocycles. The Bertz CT molecular complexity index is 283. The summed E-state index contributed by atoms with van der Waals surface area (Å²) in [5, 5.41) is 22.6. The van der Waals surface area contributed by atoms with E-state index >= 15 is 0 Å². The number of aliphatic hydroxyl groups excluding tert-OH is 1. The number of aliphatic carboxylic acids is 1. The molecule has 3 atom stereocenters. The number of aliphatic hydroxyl groups is 1. The molecule has 0 aromatic heterocycles. The lowest BCUT2D eigenvalue weighted by Crippen LogP contribution is -2.49. The molecule has 6 nitrogen and oxygen atoms in total. The van der Waals surface area contributed by atoms with Crippen LogP contribution in [0.5, 0.6) is 0 Å². The highest BCUT2D eigenvalue weighted by Gasteiger charge is 2.26. The highest BCUT2D eigenvalue weighted by molar-refractivity contribution is 5.82. The third-order valence-electron chi connectivity index (χ3n) is 3.20. The predicted molar refractivity (Wildman–Crippen MR) is 61.6 cm³/mol. The molecule has 1 saturated carbocycles. The molecule has 4 N–H and O–H groups in total. The normalized spacial score (nSPS) is 25.3. The second-order valence-electron chi connectivity index (χ2n) is 4.54. The van der Waals surface area contributed by atoms with E-state index in [0.29, 0.717) is 5.92 Å². The topological polar surface area (TPSA) is 98.7 Å². The van der Waals surface area contributed by atoms with Crippen molar-refractivity contribution in [2.24, 2.45) is 5.92 Å². The molecular formula is C11H20N2O4. The van der Waals surface area contributed by atoms with Gasteiger partial charge in [-0.2, -0.15) is 0 Å². The summed E-state index contributed by atoms with van der Waals surface area (Å²) in [5.41, 5.74) is 0. The number of nitrogens with one attached hydrogen (secondary N) is 2. The summed E-state index contributed by atoms with van der Waals surface area (Å²) in [4.78, 5) is 22.3. The highest BCUT2D eigenvalue weighted by Crippen LogP contribution is 2.24. The minimum atomic E-state index is -1.13. The lowest BCUT2D eigenvalue weighted by molar-refractivity contribution is -0.139. The van der Waals surface area contributed by atoms with Crippen LogP contribution in [0.2, 0.25) is 0 Å². The minimum absolute atomic E-state index is 0.0168. The van der Waals surface area contributed by atoms with Gasteiger partial charge in [0.1, 0.15) is 6.04 Å². The summed E-state index contributed by atoms with van der Waals surface area (Å²) in [5.74, 6) is -0.699. The predicted octanol–water partition coefficient (Wildman–Crippen LogP) is 0.310. The number of rotatable bonds is 5. The highest BCUT2D eigenvalue weighted by atomic mass is 16.4. The van der Waals surface area contributed by atoms with E-state index in [1.807, 2.05) is 0 Å². The number of carbonyl (C=O) groups is 2. The number of hydrogen-bond donors (Lipinski definition) is 4. The van der Waals surface area contributed by atoms with E-state index in [0.717, 1.165) is 19.3 Å². The van der Waals surface area contributed by atoms with Gasteiger partial charge in [0.25, 0.3) is 0 Å². The first-order valence-electron chi connectivity index (χ1n) is 5.95. The summed E-state index contributed by atoms with van der Waals surface area (Å²) in [6.45, 7) is 1.80. The molecular weight excluding hydrogens is 224 g/mol. The van der Waals surface area contributed by atoms with Crippen LogP contribution in [0, 0.1) is 5.92 Å². The van der Waals surface area contributed by atoms with Crippen molar-refractivity contribution in [2.45, 2.75) is 44.7 Å². The van der Waals surface area contributed by atoms with Crippen molar-refractivity contribution in [1.29, 1.82) is 0 Å². The van der Waals surface area contributed by atoms with Gasteiger partial charge in [-0.25, -0.2) is 9.59 Å². The monoisotopic (exact) mass is 244 g/mol. The molecule has 1 fully saturated rings. The Kier molecular flexibility index (Phi) is 5.21. The van der Waals surface area contributed by atoms with E-state index in [9.17, 15) is 9.59 Å². The van der Waals surface area contributed by atoms with Gasteiger partial charge in [0.05, 0.1) is 0 Å². The van der Waals surface area contributed by atoms with Gasteiger partial charge in [-0.15, -0.1) is 0 Å². The fraction of sp³-hybridized carbons (Fsp3) is 0.818. The van der Waals surface area contributed by atoms with Crippen molar-refractivity contribution in [3.8, 4) is 0 Å². The molecule has 1 aliphatic rings. The summed E-state index contributed by atoms with van der Waals surface area (Å²) in [6, 6.07) is -1.38. The molecule has 6 heteroatoms. The molecule has 0 aliphatic heterocycles. The van der Waals surface area contributed by atoms with Crippen LogP contribution in [0.3, 0.4) is 0 Å². The van der Waals surface area contributed by atoms with Crippen LogP contribution < -0.4 is 10.6 Å². The van der Waals surface area contributed by atoms with Gasteiger partial charge in [-0.1, -0.05) is 13.3 Å². The van der Waals surface area contributed by atoms with Gasteiger partial charge in [0, 0.05) is 19.1 Å². The van der Waals surface area contributed by atoms with Crippen molar-refractivity contribution in [3.63, 3.8) is 0 Å². The standard InChI is InChI=1S/C11H20N2O4/c1-7-3-2-4-8(7)12-11(17)13-9(5-6-14)10(15)16/h7-9,14H,2-6H2,1H3,(H,15,16)(H2,12,13,17). The first-order chi connectivity index (χ1) is 8.04. The van der Waals surface area contributed by atoms with E-state index in [2.05, 4.69) is 17.6 Å². The van der Waals surface area contributed by atoms with Crippen LogP contribution in [0.1, 0.15) is 32.6 Å². The molecule has 1 rings (SSSR count). The summed E-state index contributed by atoms with van der Waals surface area (Å²) in [7, 11) is 0. The van der Waals surface area contributed by atoms with E-state index < -0.39 is 18.0 Å². The Balaban J connectivity index is 2.39. The SMILES string of the molecule is CC1CCCC1NC(=O)NC(CCO)C(=O)O. The number of carbonyl (C=O) groups excluding carboxylic acids is 1.